The Bertz CT molecular complexity index is 380. The Morgan fingerprint density at radius 2 is 2.38 bits per heavy atom. The molecule has 0 atom stereocenters. The van der Waals surface area contributed by atoms with E-state index in [2.05, 4.69) is 25.2 Å². The molecule has 88 valence electrons. The number of nitrogens with two attached hydrogens (primary N) is 1. The molecule has 0 unspecified atom stereocenters. The van der Waals surface area contributed by atoms with Crippen molar-refractivity contribution in [3.05, 3.63) is 0 Å². The highest BCUT2D eigenvalue weighted by Crippen LogP contribution is 2.11. The largest absolute Gasteiger partial charge is 0.468 e. The second kappa shape index (κ2) is 5.95. The van der Waals surface area contributed by atoms with Gasteiger partial charge in [0, 0.05) is 0 Å². The van der Waals surface area contributed by atoms with Crippen molar-refractivity contribution in [3.8, 4) is 0 Å². The molecule has 0 saturated heterocycles. The number of ether oxygens (including phenoxy) is 1. The first kappa shape index (κ1) is 12.3. The van der Waals surface area contributed by atoms with Gasteiger partial charge >= 0.3 is 5.97 Å². The van der Waals surface area contributed by atoms with Gasteiger partial charge in [0.15, 0.2) is 0 Å². The van der Waals surface area contributed by atoms with Gasteiger partial charge in [0.1, 0.15) is 6.54 Å². The average Bonchev–Trinajstić information content (AvgIpc) is 2.69. The number of carbonyl (C=O) groups excluding carboxylic acids is 2. The minimum Gasteiger partial charge on any atom is -0.468 e. The molecule has 0 saturated carbocycles. The summed E-state index contributed by atoms with van der Waals surface area (Å²) in [7, 11) is 1.25. The Hall–Kier alpha value is -1.77. The number of amides is 1. The number of carbonyl (C=O) groups is 2. The van der Waals surface area contributed by atoms with Crippen molar-refractivity contribution in [1.82, 2.24) is 20.5 Å². The number of nitrogens with one attached hydrogen (secondary N) is 2. The molecule has 0 radical (unpaired) electrons. The number of nitrogens with zero attached hydrogens (tertiary/aromatic N) is 2. The van der Waals surface area contributed by atoms with Gasteiger partial charge in [-0.3, -0.25) is 9.59 Å². The van der Waals surface area contributed by atoms with Crippen LogP contribution in [0.2, 0.25) is 0 Å². The summed E-state index contributed by atoms with van der Waals surface area (Å²) in [6.45, 7) is -0.147. The lowest BCUT2D eigenvalue weighted by Crippen LogP contribution is -2.31. The lowest BCUT2D eigenvalue weighted by molar-refractivity contribution is -0.140. The van der Waals surface area contributed by atoms with Crippen molar-refractivity contribution in [2.75, 3.05) is 25.1 Å². The van der Waals surface area contributed by atoms with Crippen molar-refractivity contribution < 1.29 is 14.3 Å². The maximum atomic E-state index is 11.2. The van der Waals surface area contributed by atoms with Crippen LogP contribution >= 0.6 is 11.8 Å². The Kier molecular flexibility index (Phi) is 4.58. The second-order valence-electron chi connectivity index (χ2n) is 2.64. The number of methoxy groups -OCH3 is 1. The van der Waals surface area contributed by atoms with E-state index in [0.29, 0.717) is 5.16 Å². The second-order valence-corrected chi connectivity index (χ2v) is 3.59. The van der Waals surface area contributed by atoms with Gasteiger partial charge in [-0.05, 0) is 0 Å². The molecule has 16 heavy (non-hydrogen) atoms. The van der Waals surface area contributed by atoms with Crippen LogP contribution in [-0.4, -0.2) is 46.5 Å². The van der Waals surface area contributed by atoms with Gasteiger partial charge in [-0.25, -0.2) is 5.10 Å². The molecule has 0 bridgehead atoms. The van der Waals surface area contributed by atoms with Crippen LogP contribution in [-0.2, 0) is 14.3 Å². The number of anilines is 1. The highest BCUT2D eigenvalue weighted by Gasteiger charge is 2.08. The zero-order valence-electron chi connectivity index (χ0n) is 8.52. The van der Waals surface area contributed by atoms with Gasteiger partial charge < -0.3 is 15.8 Å². The topological polar surface area (TPSA) is 123 Å². The molecule has 1 aromatic heterocycles. The summed E-state index contributed by atoms with van der Waals surface area (Å²) in [5.74, 6) is -0.509. The van der Waals surface area contributed by atoms with E-state index in [1.807, 2.05) is 0 Å². The number of esters is 1. The summed E-state index contributed by atoms with van der Waals surface area (Å²) in [5.41, 5.74) is 5.30. The zero-order valence-corrected chi connectivity index (χ0v) is 9.34. The molecular formula is C7H11N5O3S. The predicted molar refractivity (Wildman–Crippen MR) is 56.5 cm³/mol. The highest BCUT2D eigenvalue weighted by molar-refractivity contribution is 7.99. The molecule has 0 spiro atoms. The minimum atomic E-state index is -0.500. The molecule has 1 amide bonds. The zero-order chi connectivity index (χ0) is 12.0. The van der Waals surface area contributed by atoms with E-state index in [0.717, 1.165) is 11.8 Å². The van der Waals surface area contributed by atoms with E-state index in [-0.39, 0.29) is 24.2 Å². The molecule has 0 fully saturated rings. The molecule has 4 N–H and O–H groups in total. The van der Waals surface area contributed by atoms with Crippen LogP contribution in [0.15, 0.2) is 5.16 Å². The molecule has 1 aromatic rings. The standard InChI is InChI=1S/C7H11N5O3S/c1-15-5(14)2-9-4(13)3-16-7-10-6(8)11-12-7/h2-3H2,1H3,(H,9,13)(H3,8,10,11,12). The Morgan fingerprint density at radius 3 is 2.94 bits per heavy atom. The van der Waals surface area contributed by atoms with Crippen LogP contribution in [0.3, 0.4) is 0 Å². The van der Waals surface area contributed by atoms with Crippen LogP contribution in [0, 0.1) is 0 Å². The number of nitrogen functional groups attached to an aromatic ring is 1. The maximum absolute atomic E-state index is 11.2. The summed E-state index contributed by atoms with van der Waals surface area (Å²) in [5, 5.41) is 8.93. The minimum absolute atomic E-state index is 0.105. The SMILES string of the molecule is COC(=O)CNC(=O)CSc1n[nH]c(N)n1. The third-order valence-corrected chi connectivity index (χ3v) is 2.32. The summed E-state index contributed by atoms with van der Waals surface area (Å²) in [6, 6.07) is 0. The number of hydrogen-bond donors (Lipinski definition) is 3. The summed E-state index contributed by atoms with van der Waals surface area (Å²) in [4.78, 5) is 25.7. The molecule has 0 aliphatic rings. The molecule has 0 aliphatic carbocycles. The smallest absolute Gasteiger partial charge is 0.325 e. The average molecular weight is 245 g/mol. The first-order valence-corrected chi connectivity index (χ1v) is 5.24. The number of rotatable bonds is 5. The molecule has 8 nitrogen and oxygen atoms in total. The fourth-order valence-electron chi connectivity index (χ4n) is 0.747. The predicted octanol–water partition coefficient (Wildman–Crippen LogP) is -1.23. The van der Waals surface area contributed by atoms with E-state index < -0.39 is 5.97 Å². The number of hydrogen-bond acceptors (Lipinski definition) is 7. The highest BCUT2D eigenvalue weighted by atomic mass is 32.2. The summed E-state index contributed by atoms with van der Waals surface area (Å²) >= 11 is 1.11. The summed E-state index contributed by atoms with van der Waals surface area (Å²) < 4.78 is 4.36. The van der Waals surface area contributed by atoms with Crippen molar-refractivity contribution >= 4 is 29.6 Å². The fourth-order valence-corrected chi connectivity index (χ4v) is 1.38. The monoisotopic (exact) mass is 245 g/mol. The van der Waals surface area contributed by atoms with E-state index in [9.17, 15) is 9.59 Å². The number of H-pyrrole nitrogens is 1. The lowest BCUT2D eigenvalue weighted by Gasteiger charge is -2.01. The Labute approximate surface area is 95.3 Å². The molecule has 9 heteroatoms. The molecule has 0 aromatic carbocycles. The normalized spacial score (nSPS) is 9.81. The van der Waals surface area contributed by atoms with Gasteiger partial charge in [0.25, 0.3) is 0 Å². The van der Waals surface area contributed by atoms with Crippen LogP contribution in [0.5, 0.6) is 0 Å². The first-order chi connectivity index (χ1) is 7.61. The summed E-state index contributed by atoms with van der Waals surface area (Å²) in [6.07, 6.45) is 0. The Balaban J connectivity index is 2.22. The first-order valence-electron chi connectivity index (χ1n) is 4.26. The fraction of sp³-hybridized carbons (Fsp3) is 0.429. The van der Waals surface area contributed by atoms with Crippen LogP contribution in [0.1, 0.15) is 0 Å². The lowest BCUT2D eigenvalue weighted by atomic mass is 10.6. The third-order valence-electron chi connectivity index (χ3n) is 1.47. The Morgan fingerprint density at radius 1 is 1.62 bits per heavy atom. The van der Waals surface area contributed by atoms with Gasteiger partial charge in [0.05, 0.1) is 12.9 Å². The van der Waals surface area contributed by atoms with Gasteiger partial charge in [-0.2, -0.15) is 4.98 Å². The molecular weight excluding hydrogens is 234 g/mol. The van der Waals surface area contributed by atoms with E-state index >= 15 is 0 Å². The third kappa shape index (κ3) is 4.17. The maximum Gasteiger partial charge on any atom is 0.325 e. The molecule has 0 aliphatic heterocycles. The van der Waals surface area contributed by atoms with Crippen molar-refractivity contribution in [2.24, 2.45) is 0 Å². The van der Waals surface area contributed by atoms with E-state index in [1.54, 1.807) is 0 Å². The number of aromatic nitrogens is 3. The number of aromatic amines is 1. The van der Waals surface area contributed by atoms with E-state index in [1.165, 1.54) is 7.11 Å². The number of thioether (sulfide) groups is 1. The van der Waals surface area contributed by atoms with Crippen LogP contribution in [0.25, 0.3) is 0 Å². The molecule has 1 rings (SSSR count). The van der Waals surface area contributed by atoms with Gasteiger partial charge in [-0.15, -0.1) is 5.10 Å². The van der Waals surface area contributed by atoms with Crippen molar-refractivity contribution in [2.45, 2.75) is 5.16 Å². The van der Waals surface area contributed by atoms with E-state index in [4.69, 9.17) is 5.73 Å². The van der Waals surface area contributed by atoms with Crippen LogP contribution < -0.4 is 11.1 Å². The quantitative estimate of drug-likeness (QED) is 0.438. The molecule has 1 heterocycles. The van der Waals surface area contributed by atoms with Gasteiger partial charge in [0.2, 0.25) is 17.0 Å². The van der Waals surface area contributed by atoms with Crippen LogP contribution in [0.4, 0.5) is 5.95 Å². The van der Waals surface area contributed by atoms with Gasteiger partial charge in [-0.1, -0.05) is 11.8 Å². The van der Waals surface area contributed by atoms with Crippen molar-refractivity contribution in [3.63, 3.8) is 0 Å². The van der Waals surface area contributed by atoms with Crippen molar-refractivity contribution in [1.29, 1.82) is 0 Å².